The molecule has 0 aromatic carbocycles. The first kappa shape index (κ1) is 11.9. The molecule has 86 valence electrons. The highest BCUT2D eigenvalue weighted by atomic mass is 16.4. The Bertz CT molecular complexity index is 453. The molecule has 0 spiro atoms. The Labute approximate surface area is 89.7 Å². The van der Waals surface area contributed by atoms with Crippen LogP contribution in [0.2, 0.25) is 0 Å². The Kier molecular flexibility index (Phi) is 3.78. The van der Waals surface area contributed by atoms with Crippen molar-refractivity contribution >= 4 is 11.9 Å². The highest BCUT2D eigenvalue weighted by Gasteiger charge is 2.15. The fourth-order valence-corrected chi connectivity index (χ4v) is 0.972. The molecule has 0 saturated heterocycles. The van der Waals surface area contributed by atoms with Gasteiger partial charge in [0.2, 0.25) is 0 Å². The minimum atomic E-state index is -1.69. The van der Waals surface area contributed by atoms with Crippen LogP contribution in [0.1, 0.15) is 10.4 Å². The van der Waals surface area contributed by atoms with E-state index in [-0.39, 0.29) is 5.56 Å². The molecule has 0 aliphatic heterocycles. The molecule has 0 aliphatic rings. The molecule has 1 rings (SSSR count). The van der Waals surface area contributed by atoms with Gasteiger partial charge in [-0.1, -0.05) is 0 Å². The van der Waals surface area contributed by atoms with Gasteiger partial charge in [0, 0.05) is 6.20 Å². The van der Waals surface area contributed by atoms with Crippen molar-refractivity contribution in [3.63, 3.8) is 0 Å². The predicted octanol–water partition coefficient (Wildman–Crippen LogP) is -1.45. The number of hydrogen-bond acceptors (Lipinski definition) is 4. The number of H-pyrrole nitrogens is 1. The third kappa shape index (κ3) is 2.92. The Balaban J connectivity index is 2.64. The number of carbonyl (C=O) groups excluding carboxylic acids is 1. The first-order chi connectivity index (χ1) is 7.52. The second-order valence-corrected chi connectivity index (χ2v) is 2.98. The Morgan fingerprint density at radius 3 is 2.75 bits per heavy atom. The average molecular weight is 226 g/mol. The zero-order chi connectivity index (χ0) is 12.1. The van der Waals surface area contributed by atoms with E-state index in [1.54, 1.807) is 0 Å². The normalized spacial score (nSPS) is 11.8. The van der Waals surface area contributed by atoms with Crippen molar-refractivity contribution in [3.8, 4) is 0 Å². The lowest BCUT2D eigenvalue weighted by Gasteiger charge is -2.06. The number of hydrogen-bond donors (Lipinski definition) is 4. The Hall–Kier alpha value is -2.15. The Morgan fingerprint density at radius 1 is 1.50 bits per heavy atom. The van der Waals surface area contributed by atoms with Gasteiger partial charge in [0.15, 0.2) is 6.10 Å². The van der Waals surface area contributed by atoms with E-state index >= 15 is 0 Å². The number of rotatable bonds is 4. The molecule has 0 radical (unpaired) electrons. The lowest BCUT2D eigenvalue weighted by Crippen LogP contribution is -2.38. The molecule has 1 heterocycles. The topological polar surface area (TPSA) is 119 Å². The summed E-state index contributed by atoms with van der Waals surface area (Å²) >= 11 is 0. The summed E-state index contributed by atoms with van der Waals surface area (Å²) in [5, 5.41) is 19.4. The lowest BCUT2D eigenvalue weighted by atomic mass is 10.2. The molecule has 1 aromatic heterocycles. The highest BCUT2D eigenvalue weighted by Crippen LogP contribution is 1.89. The average Bonchev–Trinajstić information content (AvgIpc) is 2.25. The van der Waals surface area contributed by atoms with Gasteiger partial charge in [-0.05, 0) is 12.1 Å². The molecule has 0 fully saturated rings. The maximum absolute atomic E-state index is 11.4. The van der Waals surface area contributed by atoms with Crippen molar-refractivity contribution in [1.82, 2.24) is 10.3 Å². The Morgan fingerprint density at radius 2 is 2.19 bits per heavy atom. The summed E-state index contributed by atoms with van der Waals surface area (Å²) in [6.45, 7) is -0.456. The van der Waals surface area contributed by atoms with Crippen LogP contribution in [0.5, 0.6) is 0 Å². The van der Waals surface area contributed by atoms with Crippen LogP contribution >= 0.6 is 0 Å². The number of aromatic amines is 1. The fraction of sp³-hybridized carbons (Fsp3) is 0.222. The van der Waals surface area contributed by atoms with E-state index in [2.05, 4.69) is 10.3 Å². The zero-order valence-corrected chi connectivity index (χ0v) is 8.14. The largest absolute Gasteiger partial charge is 0.479 e. The van der Waals surface area contributed by atoms with Crippen LogP contribution in [0.4, 0.5) is 0 Å². The van der Waals surface area contributed by atoms with E-state index in [4.69, 9.17) is 10.2 Å². The second-order valence-electron chi connectivity index (χ2n) is 2.98. The monoisotopic (exact) mass is 226 g/mol. The van der Waals surface area contributed by atoms with Gasteiger partial charge < -0.3 is 20.5 Å². The third-order valence-electron chi connectivity index (χ3n) is 1.80. The van der Waals surface area contributed by atoms with Gasteiger partial charge >= 0.3 is 5.97 Å². The van der Waals surface area contributed by atoms with Crippen molar-refractivity contribution < 1.29 is 19.8 Å². The number of carboxylic acids is 1. The summed E-state index contributed by atoms with van der Waals surface area (Å²) in [5.74, 6) is -2.18. The van der Waals surface area contributed by atoms with Crippen molar-refractivity contribution in [2.24, 2.45) is 0 Å². The predicted molar refractivity (Wildman–Crippen MR) is 53.0 cm³/mol. The number of nitrogens with one attached hydrogen (secondary N) is 2. The zero-order valence-electron chi connectivity index (χ0n) is 8.14. The van der Waals surface area contributed by atoms with E-state index < -0.39 is 30.1 Å². The number of amides is 1. The molecule has 1 amide bonds. The summed E-state index contributed by atoms with van der Waals surface area (Å²) in [5.41, 5.74) is -0.718. The molecule has 1 unspecified atom stereocenters. The summed E-state index contributed by atoms with van der Waals surface area (Å²) in [6, 6.07) is 2.76. The highest BCUT2D eigenvalue weighted by molar-refractivity contribution is 5.94. The number of aliphatic hydroxyl groups is 1. The van der Waals surface area contributed by atoms with Gasteiger partial charge in [-0.3, -0.25) is 9.59 Å². The van der Waals surface area contributed by atoms with Crippen LogP contribution in [-0.2, 0) is 4.79 Å². The van der Waals surface area contributed by atoms with Crippen LogP contribution in [0.15, 0.2) is 23.1 Å². The van der Waals surface area contributed by atoms with E-state index in [9.17, 15) is 14.4 Å². The van der Waals surface area contributed by atoms with Gasteiger partial charge in [-0.15, -0.1) is 0 Å². The molecular formula is C9H10N2O5. The van der Waals surface area contributed by atoms with Crippen molar-refractivity contribution in [1.29, 1.82) is 0 Å². The molecule has 7 nitrogen and oxygen atoms in total. The van der Waals surface area contributed by atoms with Crippen molar-refractivity contribution in [2.45, 2.75) is 6.10 Å². The summed E-state index contributed by atoms with van der Waals surface area (Å²) in [7, 11) is 0. The molecule has 0 bridgehead atoms. The van der Waals surface area contributed by atoms with Crippen molar-refractivity contribution in [3.05, 3.63) is 34.2 Å². The molecule has 1 aromatic rings. The van der Waals surface area contributed by atoms with Crippen LogP contribution < -0.4 is 10.9 Å². The minimum absolute atomic E-state index is 0.139. The van der Waals surface area contributed by atoms with E-state index in [0.717, 1.165) is 0 Å². The smallest absolute Gasteiger partial charge is 0.334 e. The van der Waals surface area contributed by atoms with Crippen LogP contribution in [0.25, 0.3) is 0 Å². The first-order valence-electron chi connectivity index (χ1n) is 4.39. The minimum Gasteiger partial charge on any atom is -0.479 e. The molecule has 16 heavy (non-hydrogen) atoms. The van der Waals surface area contributed by atoms with Crippen LogP contribution in [-0.4, -0.2) is 39.7 Å². The van der Waals surface area contributed by atoms with Crippen LogP contribution in [0.3, 0.4) is 0 Å². The molecule has 0 aliphatic carbocycles. The standard InChI is InChI=1S/C9H10N2O5/c12-6(9(15)16)4-11-8(14)5-2-1-3-10-7(5)13/h1-3,6,12H,4H2,(H,10,13)(H,11,14)(H,15,16). The number of carbonyl (C=O) groups is 2. The molecule has 1 atom stereocenters. The fourth-order valence-electron chi connectivity index (χ4n) is 0.972. The number of aromatic nitrogens is 1. The lowest BCUT2D eigenvalue weighted by molar-refractivity contribution is -0.146. The van der Waals surface area contributed by atoms with Gasteiger partial charge in [0.05, 0.1) is 6.54 Å². The summed E-state index contributed by atoms with van der Waals surface area (Å²) in [6.07, 6.45) is -0.322. The second kappa shape index (κ2) is 5.08. The van der Waals surface area contributed by atoms with Gasteiger partial charge in [-0.2, -0.15) is 0 Å². The first-order valence-corrected chi connectivity index (χ1v) is 4.39. The summed E-state index contributed by atoms with van der Waals surface area (Å²) < 4.78 is 0. The summed E-state index contributed by atoms with van der Waals surface area (Å²) in [4.78, 5) is 35.0. The number of aliphatic hydroxyl groups excluding tert-OH is 1. The molecule has 7 heteroatoms. The van der Waals surface area contributed by atoms with Gasteiger partial charge in [-0.25, -0.2) is 4.79 Å². The molecule has 0 saturated carbocycles. The molecule has 4 N–H and O–H groups in total. The maximum Gasteiger partial charge on any atom is 0.334 e. The third-order valence-corrected chi connectivity index (χ3v) is 1.80. The van der Waals surface area contributed by atoms with Crippen LogP contribution in [0, 0.1) is 0 Å². The molecular weight excluding hydrogens is 216 g/mol. The van der Waals surface area contributed by atoms with E-state index in [1.165, 1.54) is 18.3 Å². The number of aliphatic carboxylic acids is 1. The van der Waals surface area contributed by atoms with Gasteiger partial charge in [0.1, 0.15) is 5.56 Å². The number of pyridine rings is 1. The van der Waals surface area contributed by atoms with E-state index in [1.807, 2.05) is 0 Å². The van der Waals surface area contributed by atoms with Gasteiger partial charge in [0.25, 0.3) is 11.5 Å². The van der Waals surface area contributed by atoms with Crippen molar-refractivity contribution in [2.75, 3.05) is 6.54 Å². The maximum atomic E-state index is 11.4. The quantitative estimate of drug-likeness (QED) is 0.500. The van der Waals surface area contributed by atoms with E-state index in [0.29, 0.717) is 0 Å². The number of carboxylic acid groups (broad SMARTS) is 1. The SMILES string of the molecule is O=C(NCC(O)C(=O)O)c1ccc[nH]c1=O.